The highest BCUT2D eigenvalue weighted by molar-refractivity contribution is 6.63. The van der Waals surface area contributed by atoms with Gasteiger partial charge in [-0.3, -0.25) is 24.0 Å². The van der Waals surface area contributed by atoms with E-state index in [4.69, 9.17) is 42.4 Å². The number of esters is 3. The summed E-state index contributed by atoms with van der Waals surface area (Å²) in [7, 11) is 1.60. The Morgan fingerprint density at radius 1 is 0.374 bits per heavy atom. The van der Waals surface area contributed by atoms with E-state index in [0.29, 0.717) is 80.8 Å². The smallest absolute Gasteiger partial charge is 0.324 e. The number of nitrogens with zero attached hydrogens (tertiary/aromatic N) is 2. The normalized spacial score (nSPS) is 11.4. The molecule has 0 radical (unpaired) electrons. The molecule has 0 spiro atoms. The number of benzene rings is 8. The van der Waals surface area contributed by atoms with E-state index < -0.39 is 28.7 Å². The first-order valence-corrected chi connectivity index (χ1v) is 36.3. The molecule has 566 valence electrons. The fourth-order valence-corrected chi connectivity index (χ4v) is 12.0. The number of phenolic OH excluding ortho intramolecular Hbond substituents is 4. The standard InChI is InChI=1S/C47H53NO9.C18H19NO3.C15H16O2.C6H8Cl2O3/c1-6-7-32-47(33-48-53,37-20-24-39(54-5)25-21-37)38-22-30-42(31-23-38)57-45(52)15-11-10-14-44(51)56-41-28-18-36(19-29-41)46(3,4)35-16-26-40(27-17-35)55-43(50)13-9-8-12-34(2)49;1-2-3-12-18(13-19-22,14-4-8-16(20)9-5-14)15-6-10-17(21)11-7-15;1-15(2,11-3-7-13(16)8-4-11)12-5-9-14(17)10-6-12;7-5(9)3-1-2-4-6(10)11-8/h16-31H,6-15,32H2,1-5H3;4-11,20-21H,2-3,12H2,1H3;3-10,16-17H,1-2H3;1-4H2. The molecule has 8 aromatic carbocycles. The van der Waals surface area contributed by atoms with E-state index in [1.54, 1.807) is 123 Å². The minimum Gasteiger partial charge on any atom is -0.508 e. The molecule has 0 fully saturated rings. The predicted molar refractivity (Wildman–Crippen MR) is 417 cm³/mol. The summed E-state index contributed by atoms with van der Waals surface area (Å²) in [5.41, 5.74) is 5.44. The Bertz CT molecular complexity index is 4130. The van der Waals surface area contributed by atoms with E-state index in [9.17, 15) is 59.6 Å². The molecular formula is C86H96Cl2N2O17. The number of ether oxygens (including phenoxy) is 4. The minimum atomic E-state index is -0.868. The van der Waals surface area contributed by atoms with E-state index in [0.717, 1.165) is 70.2 Å². The number of rotatable bonds is 33. The molecule has 8 aromatic rings. The Morgan fingerprint density at radius 3 is 0.869 bits per heavy atom. The molecule has 0 heterocycles. The zero-order valence-electron chi connectivity index (χ0n) is 61.9. The number of ketones is 1. The van der Waals surface area contributed by atoms with Crippen molar-refractivity contribution < 1.29 is 72.4 Å². The second kappa shape index (κ2) is 44.2. The van der Waals surface area contributed by atoms with Gasteiger partial charge in [0.05, 0.1) is 7.11 Å². The van der Waals surface area contributed by atoms with Crippen LogP contribution in [0.1, 0.15) is 209 Å². The second-order valence-electron chi connectivity index (χ2n) is 26.7. The summed E-state index contributed by atoms with van der Waals surface area (Å²) >= 11 is 9.80. The van der Waals surface area contributed by atoms with Gasteiger partial charge in [0.25, 0.3) is 0 Å². The van der Waals surface area contributed by atoms with Crippen LogP contribution >= 0.6 is 23.5 Å². The quantitative estimate of drug-likeness (QED) is 0.00977. The molecule has 0 aromatic heterocycles. The lowest BCUT2D eigenvalue weighted by Crippen LogP contribution is -2.26. The van der Waals surface area contributed by atoms with Gasteiger partial charge in [0.2, 0.25) is 5.24 Å². The Labute approximate surface area is 637 Å². The third-order valence-corrected chi connectivity index (χ3v) is 18.6. The van der Waals surface area contributed by atoms with Crippen LogP contribution in [0, 0.1) is 22.6 Å². The highest BCUT2D eigenvalue weighted by atomic mass is 35.5. The third kappa shape index (κ3) is 27.9. The van der Waals surface area contributed by atoms with Crippen LogP contribution in [-0.4, -0.2) is 62.4 Å². The summed E-state index contributed by atoms with van der Waals surface area (Å²) in [5, 5.41) is 65.8. The van der Waals surface area contributed by atoms with Gasteiger partial charge in [-0.2, -0.15) is 0 Å². The van der Waals surface area contributed by atoms with Crippen molar-refractivity contribution >= 4 is 58.4 Å². The van der Waals surface area contributed by atoms with Crippen LogP contribution in [0.5, 0.6) is 46.0 Å². The van der Waals surface area contributed by atoms with E-state index in [1.807, 2.05) is 84.9 Å². The summed E-state index contributed by atoms with van der Waals surface area (Å²) in [4.78, 5) is 69.1. The summed E-state index contributed by atoms with van der Waals surface area (Å²) < 4.78 is 25.8. The number of unbranched alkanes of at least 4 members (excludes halogenated alkanes) is 5. The molecule has 107 heavy (non-hydrogen) atoms. The van der Waals surface area contributed by atoms with Gasteiger partial charge in [-0.05, 0) is 211 Å². The predicted octanol–water partition coefficient (Wildman–Crippen LogP) is 20.3. The molecule has 0 aliphatic carbocycles. The van der Waals surface area contributed by atoms with Crippen molar-refractivity contribution in [3.05, 3.63) is 259 Å². The van der Waals surface area contributed by atoms with Gasteiger partial charge in [-0.15, -0.1) is 0 Å². The number of phenols is 4. The number of carbonyl (C=O) groups excluding carboxylic acids is 6. The lowest BCUT2D eigenvalue weighted by atomic mass is 9.72. The molecular weight excluding hydrogens is 1400 g/mol. The van der Waals surface area contributed by atoms with Crippen molar-refractivity contribution in [1.82, 2.24) is 0 Å². The Hall–Kier alpha value is -10.9. The van der Waals surface area contributed by atoms with Crippen LogP contribution in [0.25, 0.3) is 10.0 Å². The van der Waals surface area contributed by atoms with E-state index in [-0.39, 0.29) is 82.9 Å². The lowest BCUT2D eigenvalue weighted by molar-refractivity contribution is -0.136. The van der Waals surface area contributed by atoms with Crippen molar-refractivity contribution in [1.29, 1.82) is 0 Å². The molecule has 0 aliphatic rings. The number of hydrogen-bond acceptors (Lipinski definition) is 17. The summed E-state index contributed by atoms with van der Waals surface area (Å²) in [5.74, 6) is 1.36. The lowest BCUT2D eigenvalue weighted by Gasteiger charge is -2.26. The number of Topliss-reactive ketones (excluding diaryl/α,β-unsaturated/α-hetero) is 1. The minimum absolute atomic E-state index is 0.115. The maximum Gasteiger partial charge on any atom is 0.324 e. The van der Waals surface area contributed by atoms with Crippen molar-refractivity contribution in [3.63, 3.8) is 0 Å². The van der Waals surface area contributed by atoms with E-state index in [2.05, 4.69) is 68.0 Å². The summed E-state index contributed by atoms with van der Waals surface area (Å²) in [6.07, 6.45) is 9.80. The van der Waals surface area contributed by atoms with Gasteiger partial charge >= 0.3 is 36.0 Å². The Balaban J connectivity index is 0.000000328. The Kier molecular flexibility index (Phi) is 35.8. The largest absolute Gasteiger partial charge is 0.508 e. The summed E-state index contributed by atoms with van der Waals surface area (Å²) in [6, 6.07) is 62.7. The number of aromatic hydroxyl groups is 4. The van der Waals surface area contributed by atoms with E-state index in [1.165, 1.54) is 0 Å². The molecule has 1 atom stereocenters. The van der Waals surface area contributed by atoms with Gasteiger partial charge in [0, 0.05) is 59.4 Å². The van der Waals surface area contributed by atoms with Crippen LogP contribution in [0.3, 0.4) is 0 Å². The molecule has 1 unspecified atom stereocenters. The summed E-state index contributed by atoms with van der Waals surface area (Å²) in [6.45, 7) is 14.1. The van der Waals surface area contributed by atoms with Crippen molar-refractivity contribution in [3.8, 4) is 58.1 Å². The van der Waals surface area contributed by atoms with Gasteiger partial charge in [-0.1, -0.05) is 164 Å². The average Bonchev–Trinajstić information content (AvgIpc) is 0.786. The third-order valence-electron chi connectivity index (χ3n) is 18.2. The number of hydrogen-bond donors (Lipinski definition) is 4. The highest BCUT2D eigenvalue weighted by Crippen LogP contribution is 2.41. The SMILES string of the molecule is CC(C)(c1ccc(O)cc1)c1ccc(O)cc1.CCCCC(C#[N+][O-])(c1ccc(O)cc1)c1ccc(O)cc1.CCCCC(C#[N+][O-])(c1ccc(OC)cc1)c1ccc(OC(=O)CCCCC(=O)Oc2ccc(C(C)(C)c3ccc(OC(=O)CCCCC(C)=O)cc3)cc2)cc1.O=C(Cl)CCCCC(=O)OCl. The second-order valence-corrected chi connectivity index (χ2v) is 27.3. The van der Waals surface area contributed by atoms with Crippen LogP contribution in [0.4, 0.5) is 0 Å². The Morgan fingerprint density at radius 2 is 0.617 bits per heavy atom. The van der Waals surface area contributed by atoms with Crippen molar-refractivity contribution in [2.45, 2.75) is 186 Å². The van der Waals surface area contributed by atoms with Crippen LogP contribution in [0.2, 0.25) is 0 Å². The van der Waals surface area contributed by atoms with Crippen LogP contribution in [-0.2, 0) is 54.7 Å². The zero-order valence-corrected chi connectivity index (χ0v) is 63.5. The molecule has 0 aliphatic heterocycles. The number of halogens is 2. The maximum absolute atomic E-state index is 12.6. The highest BCUT2D eigenvalue weighted by Gasteiger charge is 2.40. The van der Waals surface area contributed by atoms with Gasteiger partial charge in [-0.25, -0.2) is 0 Å². The molecule has 0 saturated carbocycles. The molecule has 0 saturated heterocycles. The first kappa shape index (κ1) is 86.8. The average molecular weight is 1500 g/mol. The monoisotopic (exact) mass is 1500 g/mol. The zero-order chi connectivity index (χ0) is 78.4. The van der Waals surface area contributed by atoms with E-state index >= 15 is 0 Å². The fourth-order valence-electron chi connectivity index (χ4n) is 11.8. The van der Waals surface area contributed by atoms with Gasteiger partial charge in [0.15, 0.2) is 10.8 Å². The molecule has 0 amide bonds. The van der Waals surface area contributed by atoms with Gasteiger partial charge < -0.3 is 58.9 Å². The molecule has 0 bridgehead atoms. The first-order chi connectivity index (χ1) is 51.2. The van der Waals surface area contributed by atoms with Crippen molar-refractivity contribution in [2.24, 2.45) is 0 Å². The first-order valence-electron chi connectivity index (χ1n) is 35.6. The number of carbonyl (C=O) groups is 6. The molecule has 21 heteroatoms. The van der Waals surface area contributed by atoms with Crippen LogP contribution < -0.4 is 18.9 Å². The molecule has 8 rings (SSSR count). The maximum atomic E-state index is 12.6. The fraction of sp³-hybridized carbons (Fsp3) is 0.349. The van der Waals surface area contributed by atoms with Gasteiger partial charge in [0.1, 0.15) is 63.6 Å². The number of methoxy groups -OCH3 is 1. The molecule has 4 N–H and O–H groups in total. The molecule has 19 nitrogen and oxygen atoms in total. The van der Waals surface area contributed by atoms with Crippen molar-refractivity contribution in [2.75, 3.05) is 7.11 Å². The van der Waals surface area contributed by atoms with Crippen LogP contribution in [0.15, 0.2) is 194 Å². The topological polar surface area (TPSA) is 284 Å².